The van der Waals surface area contributed by atoms with Crippen molar-refractivity contribution in [1.29, 1.82) is 0 Å². The molecule has 1 aliphatic rings. The monoisotopic (exact) mass is 312 g/mol. The van der Waals surface area contributed by atoms with Crippen molar-refractivity contribution in [3.8, 4) is 0 Å². The zero-order chi connectivity index (χ0) is 14.5. The molecule has 0 aromatic rings. The van der Waals surface area contributed by atoms with Crippen LogP contribution in [0.1, 0.15) is 19.8 Å². The molecular weight excluding hydrogens is 288 g/mol. The Bertz CT molecular complexity index is 465. The minimum Gasteiger partial charge on any atom is -0.317 e. The normalized spacial score (nSPS) is 19.7. The van der Waals surface area contributed by atoms with Crippen molar-refractivity contribution in [1.82, 2.24) is 9.62 Å². The predicted octanol–water partition coefficient (Wildman–Crippen LogP) is -0.318. The number of hydrogen-bond acceptors (Lipinski definition) is 5. The van der Waals surface area contributed by atoms with Gasteiger partial charge in [-0.1, -0.05) is 6.92 Å². The second kappa shape index (κ2) is 7.01. The molecule has 1 aliphatic heterocycles. The van der Waals surface area contributed by atoms with Crippen LogP contribution in [0.5, 0.6) is 0 Å². The molecule has 0 aromatic carbocycles. The number of nitrogens with one attached hydrogen (secondary N) is 1. The third-order valence-electron chi connectivity index (χ3n) is 3.36. The Morgan fingerprint density at radius 1 is 1.11 bits per heavy atom. The average Bonchev–Trinajstić information content (AvgIpc) is 2.34. The van der Waals surface area contributed by atoms with Crippen molar-refractivity contribution in [2.45, 2.75) is 19.8 Å². The standard InChI is InChI=1S/C11H24N2O4S2/c1-3-12-10-11-4-6-13(7-5-11)19(16,17)9-8-18(2,14)15/h11-12H,3-10H2,1-2H3. The van der Waals surface area contributed by atoms with Gasteiger partial charge in [0.25, 0.3) is 0 Å². The van der Waals surface area contributed by atoms with Crippen molar-refractivity contribution in [2.24, 2.45) is 5.92 Å². The van der Waals surface area contributed by atoms with Gasteiger partial charge in [0.2, 0.25) is 10.0 Å². The van der Waals surface area contributed by atoms with Gasteiger partial charge in [0.05, 0.1) is 11.5 Å². The third-order valence-corrected chi connectivity index (χ3v) is 6.44. The molecule has 0 radical (unpaired) electrons. The van der Waals surface area contributed by atoms with Crippen LogP contribution in [0.25, 0.3) is 0 Å². The summed E-state index contributed by atoms with van der Waals surface area (Å²) in [6, 6.07) is 0. The van der Waals surface area contributed by atoms with Gasteiger partial charge in [-0.2, -0.15) is 0 Å². The first-order valence-electron chi connectivity index (χ1n) is 6.61. The summed E-state index contributed by atoms with van der Waals surface area (Å²) in [6.45, 7) is 4.90. The maximum absolute atomic E-state index is 12.0. The van der Waals surface area contributed by atoms with E-state index in [2.05, 4.69) is 5.32 Å². The van der Waals surface area contributed by atoms with Crippen LogP contribution in [0.4, 0.5) is 0 Å². The highest BCUT2D eigenvalue weighted by molar-refractivity contribution is 7.93. The predicted molar refractivity (Wildman–Crippen MR) is 76.3 cm³/mol. The quantitative estimate of drug-likeness (QED) is 0.697. The van der Waals surface area contributed by atoms with E-state index in [1.165, 1.54) is 4.31 Å². The zero-order valence-corrected chi connectivity index (χ0v) is 13.3. The Hall–Kier alpha value is -0.180. The van der Waals surface area contributed by atoms with E-state index < -0.39 is 19.9 Å². The van der Waals surface area contributed by atoms with Crippen LogP contribution in [0.2, 0.25) is 0 Å². The third kappa shape index (κ3) is 6.20. The summed E-state index contributed by atoms with van der Waals surface area (Å²) in [4.78, 5) is 0. The summed E-state index contributed by atoms with van der Waals surface area (Å²) in [6.07, 6.45) is 2.74. The van der Waals surface area contributed by atoms with Crippen LogP contribution in [0.3, 0.4) is 0 Å². The number of nitrogens with zero attached hydrogens (tertiary/aromatic N) is 1. The molecule has 8 heteroatoms. The Morgan fingerprint density at radius 3 is 2.16 bits per heavy atom. The van der Waals surface area contributed by atoms with Gasteiger partial charge in [0, 0.05) is 19.3 Å². The molecule has 0 spiro atoms. The topological polar surface area (TPSA) is 83.6 Å². The van der Waals surface area contributed by atoms with Crippen LogP contribution in [-0.4, -0.2) is 65.1 Å². The van der Waals surface area contributed by atoms with Gasteiger partial charge < -0.3 is 5.32 Å². The van der Waals surface area contributed by atoms with Gasteiger partial charge in [-0.15, -0.1) is 0 Å². The molecule has 0 aliphatic carbocycles. The van der Waals surface area contributed by atoms with Crippen molar-refractivity contribution >= 4 is 19.9 Å². The number of hydrogen-bond donors (Lipinski definition) is 1. The average molecular weight is 312 g/mol. The van der Waals surface area contributed by atoms with E-state index in [1.54, 1.807) is 0 Å². The molecule has 114 valence electrons. The van der Waals surface area contributed by atoms with E-state index in [1.807, 2.05) is 6.92 Å². The SMILES string of the molecule is CCNCC1CCN(S(=O)(=O)CCS(C)(=O)=O)CC1. The molecule has 0 bridgehead atoms. The largest absolute Gasteiger partial charge is 0.317 e. The second-order valence-electron chi connectivity index (χ2n) is 5.10. The number of sulfonamides is 1. The van der Waals surface area contributed by atoms with Crippen LogP contribution in [0.15, 0.2) is 0 Å². The molecule has 1 N–H and O–H groups in total. The summed E-state index contributed by atoms with van der Waals surface area (Å²) in [7, 11) is -6.66. The first kappa shape index (κ1) is 16.9. The van der Waals surface area contributed by atoms with Gasteiger partial charge in [-0.3, -0.25) is 0 Å². The summed E-state index contributed by atoms with van der Waals surface area (Å²) in [5, 5.41) is 3.27. The molecule has 0 amide bonds. The lowest BCUT2D eigenvalue weighted by atomic mass is 9.98. The Kier molecular flexibility index (Phi) is 6.22. The fraction of sp³-hybridized carbons (Fsp3) is 1.00. The van der Waals surface area contributed by atoms with Crippen molar-refractivity contribution < 1.29 is 16.8 Å². The van der Waals surface area contributed by atoms with Gasteiger partial charge in [-0.25, -0.2) is 21.1 Å². The fourth-order valence-corrected chi connectivity index (χ4v) is 5.20. The molecule has 19 heavy (non-hydrogen) atoms. The first-order valence-corrected chi connectivity index (χ1v) is 10.3. The lowest BCUT2D eigenvalue weighted by Gasteiger charge is -2.31. The molecule has 1 fully saturated rings. The van der Waals surface area contributed by atoms with Gasteiger partial charge in [0.15, 0.2) is 0 Å². The Balaban J connectivity index is 2.45. The lowest BCUT2D eigenvalue weighted by molar-refractivity contribution is 0.269. The smallest absolute Gasteiger partial charge is 0.215 e. The van der Waals surface area contributed by atoms with Crippen molar-refractivity contribution in [3.05, 3.63) is 0 Å². The highest BCUT2D eigenvalue weighted by Gasteiger charge is 2.28. The minimum absolute atomic E-state index is 0.299. The lowest BCUT2D eigenvalue weighted by Crippen LogP contribution is -2.42. The van der Waals surface area contributed by atoms with Crippen LogP contribution >= 0.6 is 0 Å². The first-order chi connectivity index (χ1) is 8.74. The Labute approximate surface area is 116 Å². The molecule has 6 nitrogen and oxygen atoms in total. The molecule has 1 heterocycles. The number of piperidine rings is 1. The van der Waals surface area contributed by atoms with Crippen LogP contribution in [0, 0.1) is 5.92 Å². The molecule has 1 saturated heterocycles. The molecule has 0 saturated carbocycles. The zero-order valence-electron chi connectivity index (χ0n) is 11.6. The van der Waals surface area contributed by atoms with Crippen LogP contribution in [-0.2, 0) is 19.9 Å². The summed E-state index contributed by atoms with van der Waals surface area (Å²) < 4.78 is 47.5. The van der Waals surface area contributed by atoms with Gasteiger partial charge in [0.1, 0.15) is 9.84 Å². The van der Waals surface area contributed by atoms with Crippen LogP contribution < -0.4 is 5.32 Å². The Morgan fingerprint density at radius 2 is 1.68 bits per heavy atom. The van der Waals surface area contributed by atoms with E-state index in [0.717, 1.165) is 32.2 Å². The summed E-state index contributed by atoms with van der Waals surface area (Å²) in [5.41, 5.74) is 0. The van der Waals surface area contributed by atoms with E-state index in [-0.39, 0.29) is 11.5 Å². The van der Waals surface area contributed by atoms with Gasteiger partial charge in [-0.05, 0) is 31.8 Å². The number of rotatable bonds is 7. The van der Waals surface area contributed by atoms with Gasteiger partial charge >= 0.3 is 0 Å². The molecule has 1 rings (SSSR count). The van der Waals surface area contributed by atoms with E-state index >= 15 is 0 Å². The van der Waals surface area contributed by atoms with E-state index in [4.69, 9.17) is 0 Å². The highest BCUT2D eigenvalue weighted by Crippen LogP contribution is 2.19. The van der Waals surface area contributed by atoms with E-state index in [9.17, 15) is 16.8 Å². The maximum Gasteiger partial charge on any atom is 0.215 e. The maximum atomic E-state index is 12.0. The second-order valence-corrected chi connectivity index (χ2v) is 9.44. The highest BCUT2D eigenvalue weighted by atomic mass is 32.2. The molecule has 0 atom stereocenters. The van der Waals surface area contributed by atoms with E-state index in [0.29, 0.717) is 19.0 Å². The minimum atomic E-state index is -3.43. The van der Waals surface area contributed by atoms with Crippen molar-refractivity contribution in [2.75, 3.05) is 43.9 Å². The fourth-order valence-electron chi connectivity index (χ4n) is 2.13. The molecule has 0 aromatic heterocycles. The number of sulfone groups is 1. The summed E-state index contributed by atoms with van der Waals surface area (Å²) in [5.74, 6) is -0.0857. The molecular formula is C11H24N2O4S2. The van der Waals surface area contributed by atoms with Crippen molar-refractivity contribution in [3.63, 3.8) is 0 Å². The summed E-state index contributed by atoms with van der Waals surface area (Å²) >= 11 is 0. The molecule has 0 unspecified atom stereocenters.